The minimum Gasteiger partial charge on any atom is -0.495 e. The van der Waals surface area contributed by atoms with Gasteiger partial charge in [-0.05, 0) is 24.3 Å². The molecule has 3 rings (SSSR count). The summed E-state index contributed by atoms with van der Waals surface area (Å²) in [5, 5.41) is 11.8. The highest BCUT2D eigenvalue weighted by atomic mass is 32.2. The van der Waals surface area contributed by atoms with E-state index in [-0.39, 0.29) is 29.4 Å². The number of rotatable bonds is 10. The van der Waals surface area contributed by atoms with Gasteiger partial charge in [-0.2, -0.15) is 13.8 Å². The van der Waals surface area contributed by atoms with Crippen LogP contribution in [0.3, 0.4) is 0 Å². The highest BCUT2D eigenvalue weighted by Crippen LogP contribution is 2.36. The van der Waals surface area contributed by atoms with Crippen molar-refractivity contribution in [3.63, 3.8) is 0 Å². The van der Waals surface area contributed by atoms with E-state index in [9.17, 15) is 26.4 Å². The maximum absolute atomic E-state index is 14.5. The number of sulfonamides is 1. The molecule has 0 saturated carbocycles. The Balaban J connectivity index is 1.96. The smallest absolute Gasteiger partial charge is 0.335 e. The Bertz CT molecular complexity index is 1380. The second-order valence-corrected chi connectivity index (χ2v) is 9.29. The quantitative estimate of drug-likeness (QED) is 0.379. The van der Waals surface area contributed by atoms with E-state index in [4.69, 9.17) is 9.84 Å². The molecule has 3 aromatic rings. The van der Waals surface area contributed by atoms with Crippen LogP contribution in [0.4, 0.5) is 36.4 Å². The van der Waals surface area contributed by atoms with E-state index in [0.717, 1.165) is 28.8 Å². The van der Waals surface area contributed by atoms with Gasteiger partial charge in [-0.15, -0.1) is 0 Å². The van der Waals surface area contributed by atoms with Crippen LogP contribution in [0, 0.1) is 5.82 Å². The van der Waals surface area contributed by atoms with Gasteiger partial charge in [-0.3, -0.25) is 4.31 Å². The topological polar surface area (TPSA) is 138 Å². The van der Waals surface area contributed by atoms with Crippen molar-refractivity contribution in [1.82, 2.24) is 15.0 Å². The van der Waals surface area contributed by atoms with Crippen molar-refractivity contribution in [3.8, 4) is 5.75 Å². The van der Waals surface area contributed by atoms with Gasteiger partial charge in [0.25, 0.3) is 0 Å². The largest absolute Gasteiger partial charge is 0.495 e. The van der Waals surface area contributed by atoms with Crippen LogP contribution < -0.4 is 19.3 Å². The monoisotopic (exact) mass is 526 g/mol. The van der Waals surface area contributed by atoms with E-state index in [1.165, 1.54) is 20.4 Å². The highest BCUT2D eigenvalue weighted by molar-refractivity contribution is 7.92. The Morgan fingerprint density at radius 1 is 1.25 bits per heavy atom. The number of hydrogen-bond donors (Lipinski definition) is 2. The van der Waals surface area contributed by atoms with Crippen molar-refractivity contribution in [2.45, 2.75) is 13.1 Å². The summed E-state index contributed by atoms with van der Waals surface area (Å²) in [5.41, 5.74) is -0.0838. The van der Waals surface area contributed by atoms with Crippen LogP contribution in [0.5, 0.6) is 5.75 Å². The summed E-state index contributed by atoms with van der Waals surface area (Å²) in [4.78, 5) is 23.1. The van der Waals surface area contributed by atoms with Gasteiger partial charge in [0.1, 0.15) is 11.6 Å². The average Bonchev–Trinajstić information content (AvgIpc) is 2.83. The van der Waals surface area contributed by atoms with Crippen LogP contribution in [-0.2, 0) is 16.6 Å². The van der Waals surface area contributed by atoms with Crippen LogP contribution in [-0.4, -0.2) is 61.4 Å². The second-order valence-electron chi connectivity index (χ2n) is 7.28. The van der Waals surface area contributed by atoms with Gasteiger partial charge in [-0.1, -0.05) is 6.07 Å². The minimum absolute atomic E-state index is 0.0830. The van der Waals surface area contributed by atoms with E-state index in [1.807, 2.05) is 0 Å². The van der Waals surface area contributed by atoms with Crippen LogP contribution in [0.1, 0.15) is 15.9 Å². The number of benzene rings is 1. The van der Waals surface area contributed by atoms with Crippen molar-refractivity contribution in [3.05, 3.63) is 59.7 Å². The molecular weight excluding hydrogens is 505 g/mol. The number of carbonyl (C=O) groups is 1. The molecule has 11 nitrogen and oxygen atoms in total. The fourth-order valence-corrected chi connectivity index (χ4v) is 3.57. The fraction of sp³-hybridized carbons (Fsp3) is 0.238. The second kappa shape index (κ2) is 10.6. The number of hydrogen-bond acceptors (Lipinski definition) is 9. The van der Waals surface area contributed by atoms with Crippen LogP contribution >= 0.6 is 0 Å². The zero-order chi connectivity index (χ0) is 26.6. The highest BCUT2D eigenvalue weighted by Gasteiger charge is 2.27. The normalized spacial score (nSPS) is 11.3. The predicted molar refractivity (Wildman–Crippen MR) is 125 cm³/mol. The zero-order valence-corrected chi connectivity index (χ0v) is 20.0. The summed E-state index contributed by atoms with van der Waals surface area (Å²) in [5.74, 6) is -3.40. The zero-order valence-electron chi connectivity index (χ0n) is 19.2. The molecule has 0 saturated heterocycles. The molecule has 0 radical (unpaired) electrons. The fourth-order valence-electron chi connectivity index (χ4n) is 3.10. The molecule has 2 aromatic heterocycles. The summed E-state index contributed by atoms with van der Waals surface area (Å²) in [7, 11) is -1.17. The molecule has 0 atom stereocenters. The van der Waals surface area contributed by atoms with Crippen molar-refractivity contribution < 1.29 is 36.2 Å². The summed E-state index contributed by atoms with van der Waals surface area (Å²) in [6.07, 6.45) is 3.06. The first-order valence-electron chi connectivity index (χ1n) is 10.1. The number of ether oxygens (including phenoxy) is 1. The molecule has 0 fully saturated rings. The van der Waals surface area contributed by atoms with Crippen LogP contribution in [0.2, 0.25) is 0 Å². The maximum atomic E-state index is 14.5. The Kier molecular flexibility index (Phi) is 7.82. The lowest BCUT2D eigenvalue weighted by Gasteiger charge is -2.24. The Labute approximate surface area is 204 Å². The number of halogens is 3. The number of methoxy groups -OCH3 is 1. The van der Waals surface area contributed by atoms with E-state index >= 15 is 0 Å². The van der Waals surface area contributed by atoms with Gasteiger partial charge in [0.2, 0.25) is 16.0 Å². The minimum atomic E-state index is -3.64. The molecule has 15 heteroatoms. The molecule has 2 N–H and O–H groups in total. The van der Waals surface area contributed by atoms with Gasteiger partial charge in [-0.25, -0.2) is 32.5 Å². The number of anilines is 4. The first kappa shape index (κ1) is 26.5. The first-order valence-corrected chi connectivity index (χ1v) is 11.9. The van der Waals surface area contributed by atoms with E-state index in [1.54, 1.807) is 12.1 Å². The van der Waals surface area contributed by atoms with E-state index in [0.29, 0.717) is 16.7 Å². The molecule has 36 heavy (non-hydrogen) atoms. The molecule has 2 heterocycles. The lowest BCUT2D eigenvalue weighted by atomic mass is 10.2. The van der Waals surface area contributed by atoms with Crippen LogP contribution in [0.15, 0.2) is 42.7 Å². The molecule has 192 valence electrons. The number of nitrogens with one attached hydrogen (secondary N) is 1. The maximum Gasteiger partial charge on any atom is 0.335 e. The van der Waals surface area contributed by atoms with Crippen LogP contribution in [0.25, 0.3) is 0 Å². The third-order valence-electron chi connectivity index (χ3n) is 4.94. The molecular formula is C21H21F3N6O5S. The number of carboxylic acid groups (broad SMARTS) is 1. The SMILES string of the molecule is COc1cc(C(=O)O)ccc1N(c1ncc(F)c(NCc2cccnc2N(C)S(C)(=O)=O)n1)C(F)F. The summed E-state index contributed by atoms with van der Waals surface area (Å²) in [6, 6.07) is 6.34. The number of carboxylic acids is 1. The number of aromatic carboxylic acids is 1. The van der Waals surface area contributed by atoms with Crippen molar-refractivity contribution in [2.24, 2.45) is 0 Å². The Hall–Kier alpha value is -4.14. The number of pyridine rings is 1. The number of alkyl halides is 2. The number of aromatic nitrogens is 3. The third-order valence-corrected chi connectivity index (χ3v) is 6.11. The molecule has 0 aliphatic rings. The molecule has 0 spiro atoms. The van der Waals surface area contributed by atoms with Gasteiger partial charge >= 0.3 is 12.5 Å². The van der Waals surface area contributed by atoms with Gasteiger partial charge in [0, 0.05) is 25.4 Å². The summed E-state index contributed by atoms with van der Waals surface area (Å²) >= 11 is 0. The number of nitrogens with zero attached hydrogens (tertiary/aromatic N) is 5. The van der Waals surface area contributed by atoms with Gasteiger partial charge in [0.05, 0.1) is 30.8 Å². The standard InChI is InChI=1S/C21H21F3N6O5S/c1-29(36(3,33)34)18-13(5-4-8-25-18)10-26-17-14(22)11-27-21(28-17)30(20(23)24)15-7-6-12(19(31)32)9-16(15)35-2/h4-9,11,20H,10H2,1-3H3,(H,31,32)(H,26,27,28). The van der Waals surface area contributed by atoms with Gasteiger partial charge in [0.15, 0.2) is 11.6 Å². The van der Waals surface area contributed by atoms with Crippen molar-refractivity contribution in [1.29, 1.82) is 0 Å². The lowest BCUT2D eigenvalue weighted by molar-refractivity contribution is 0.0696. The van der Waals surface area contributed by atoms with Crippen molar-refractivity contribution in [2.75, 3.05) is 34.9 Å². The van der Waals surface area contributed by atoms with E-state index in [2.05, 4.69) is 20.3 Å². The third kappa shape index (κ3) is 5.73. The van der Waals surface area contributed by atoms with Crippen molar-refractivity contribution >= 4 is 39.3 Å². The summed E-state index contributed by atoms with van der Waals surface area (Å²) < 4.78 is 72.4. The Morgan fingerprint density at radius 3 is 2.58 bits per heavy atom. The molecule has 0 aliphatic carbocycles. The average molecular weight is 526 g/mol. The molecule has 0 amide bonds. The molecule has 0 aliphatic heterocycles. The van der Waals surface area contributed by atoms with Gasteiger partial charge < -0.3 is 15.2 Å². The summed E-state index contributed by atoms with van der Waals surface area (Å²) in [6.45, 7) is -3.36. The molecule has 0 unspecified atom stereocenters. The first-order chi connectivity index (χ1) is 16.9. The Morgan fingerprint density at radius 2 is 1.97 bits per heavy atom. The molecule has 0 bridgehead atoms. The lowest BCUT2D eigenvalue weighted by Crippen LogP contribution is -2.27. The predicted octanol–water partition coefficient (Wildman–Crippen LogP) is 3.09. The molecule has 1 aromatic carbocycles. The van der Waals surface area contributed by atoms with E-state index < -0.39 is 40.1 Å².